The van der Waals surface area contributed by atoms with Crippen molar-refractivity contribution in [2.24, 2.45) is 10.4 Å². The van der Waals surface area contributed by atoms with Gasteiger partial charge >= 0.3 is 0 Å². The first-order valence-corrected chi connectivity index (χ1v) is 9.69. The zero-order valence-corrected chi connectivity index (χ0v) is 20.0. The minimum Gasteiger partial charge on any atom is -0.493 e. The molecule has 1 atom stereocenters. The summed E-state index contributed by atoms with van der Waals surface area (Å²) in [5.74, 6) is 2.49. The summed E-state index contributed by atoms with van der Waals surface area (Å²) < 4.78 is 16.5. The molecule has 0 amide bonds. The van der Waals surface area contributed by atoms with Crippen molar-refractivity contribution in [2.75, 3.05) is 54.1 Å². The number of methoxy groups -OCH3 is 2. The minimum atomic E-state index is -0.0800. The molecule has 1 spiro atoms. The Morgan fingerprint density at radius 3 is 2.61 bits per heavy atom. The lowest BCUT2D eigenvalue weighted by Gasteiger charge is -2.30. The van der Waals surface area contributed by atoms with Crippen molar-refractivity contribution < 1.29 is 14.2 Å². The van der Waals surface area contributed by atoms with Crippen LogP contribution < -0.4 is 14.8 Å². The standard InChI is InChI=1S/C21H33N3O3.HI/c1-20(2,16-6-7-17(25-4)18(12-16)26-5)13-23-19(22-3)24-10-8-21(14-24)9-11-27-15-21;/h6-7,12H,8-11,13-15H2,1-5H3,(H,22,23);1H. The number of hydrogen-bond acceptors (Lipinski definition) is 4. The molecule has 2 saturated heterocycles. The molecular formula is C21H34IN3O3. The second-order valence-electron chi connectivity index (χ2n) is 8.33. The molecule has 2 heterocycles. The normalized spacial score (nSPS) is 22.3. The Morgan fingerprint density at radius 1 is 1.25 bits per heavy atom. The van der Waals surface area contributed by atoms with E-state index < -0.39 is 0 Å². The fourth-order valence-electron chi connectivity index (χ4n) is 4.08. The van der Waals surface area contributed by atoms with Gasteiger partial charge in [0.15, 0.2) is 17.5 Å². The van der Waals surface area contributed by atoms with E-state index in [-0.39, 0.29) is 29.4 Å². The molecule has 7 heteroatoms. The van der Waals surface area contributed by atoms with Crippen LogP contribution >= 0.6 is 24.0 Å². The Kier molecular flexibility index (Phi) is 7.84. The van der Waals surface area contributed by atoms with Gasteiger partial charge in [-0.25, -0.2) is 0 Å². The van der Waals surface area contributed by atoms with Crippen molar-refractivity contribution in [3.63, 3.8) is 0 Å². The van der Waals surface area contributed by atoms with E-state index in [1.54, 1.807) is 14.2 Å². The summed E-state index contributed by atoms with van der Waals surface area (Å²) in [5, 5.41) is 3.59. The SMILES string of the molecule is CN=C(NCC(C)(C)c1ccc(OC)c(OC)c1)N1CCC2(CCOC2)C1.I. The highest BCUT2D eigenvalue weighted by Crippen LogP contribution is 2.38. The number of aliphatic imine (C=N–C) groups is 1. The van der Waals surface area contributed by atoms with Crippen LogP contribution in [0, 0.1) is 5.41 Å². The molecule has 1 N–H and O–H groups in total. The lowest BCUT2D eigenvalue weighted by molar-refractivity contribution is 0.156. The zero-order chi connectivity index (χ0) is 19.5. The van der Waals surface area contributed by atoms with Crippen LogP contribution in [0.2, 0.25) is 0 Å². The summed E-state index contributed by atoms with van der Waals surface area (Å²) in [6.45, 7) is 9.10. The number of nitrogens with one attached hydrogen (secondary N) is 1. The van der Waals surface area contributed by atoms with Crippen LogP contribution in [0.4, 0.5) is 0 Å². The second-order valence-corrected chi connectivity index (χ2v) is 8.33. The molecule has 0 saturated carbocycles. The first-order chi connectivity index (χ1) is 12.9. The molecule has 2 fully saturated rings. The summed E-state index contributed by atoms with van der Waals surface area (Å²) in [7, 11) is 5.19. The molecule has 6 nitrogen and oxygen atoms in total. The molecule has 0 bridgehead atoms. The zero-order valence-electron chi connectivity index (χ0n) is 17.7. The maximum absolute atomic E-state index is 5.65. The van der Waals surface area contributed by atoms with Gasteiger partial charge in [-0.3, -0.25) is 4.99 Å². The van der Waals surface area contributed by atoms with E-state index in [1.807, 2.05) is 13.1 Å². The highest BCUT2D eigenvalue weighted by molar-refractivity contribution is 14.0. The lowest BCUT2D eigenvalue weighted by atomic mass is 9.84. The number of halogens is 1. The van der Waals surface area contributed by atoms with Crippen LogP contribution in [0.5, 0.6) is 11.5 Å². The van der Waals surface area contributed by atoms with Gasteiger partial charge in [0.05, 0.1) is 20.8 Å². The van der Waals surface area contributed by atoms with Crippen LogP contribution in [0.25, 0.3) is 0 Å². The van der Waals surface area contributed by atoms with E-state index in [0.29, 0.717) is 5.41 Å². The maximum atomic E-state index is 5.65. The molecular weight excluding hydrogens is 469 g/mol. The lowest BCUT2D eigenvalue weighted by Crippen LogP contribution is -2.45. The van der Waals surface area contributed by atoms with Gasteiger partial charge in [0.2, 0.25) is 0 Å². The highest BCUT2D eigenvalue weighted by Gasteiger charge is 2.42. The van der Waals surface area contributed by atoms with E-state index >= 15 is 0 Å². The van der Waals surface area contributed by atoms with Crippen LogP contribution in [0.1, 0.15) is 32.3 Å². The predicted molar refractivity (Wildman–Crippen MR) is 123 cm³/mol. The van der Waals surface area contributed by atoms with Crippen molar-refractivity contribution in [3.8, 4) is 11.5 Å². The van der Waals surface area contributed by atoms with Crippen molar-refractivity contribution in [3.05, 3.63) is 23.8 Å². The van der Waals surface area contributed by atoms with Crippen LogP contribution in [-0.4, -0.2) is 65.0 Å². The van der Waals surface area contributed by atoms with E-state index in [9.17, 15) is 0 Å². The van der Waals surface area contributed by atoms with E-state index in [4.69, 9.17) is 14.2 Å². The quantitative estimate of drug-likeness (QED) is 0.380. The monoisotopic (exact) mass is 503 g/mol. The minimum absolute atomic E-state index is 0. The number of nitrogens with zero attached hydrogens (tertiary/aromatic N) is 2. The van der Waals surface area contributed by atoms with E-state index in [2.05, 4.69) is 41.2 Å². The summed E-state index contributed by atoms with van der Waals surface area (Å²) in [5.41, 5.74) is 1.45. The molecule has 1 aromatic carbocycles. The first-order valence-electron chi connectivity index (χ1n) is 9.69. The van der Waals surface area contributed by atoms with Gasteiger partial charge < -0.3 is 24.4 Å². The van der Waals surface area contributed by atoms with Crippen LogP contribution in [0.3, 0.4) is 0 Å². The number of benzene rings is 1. The summed E-state index contributed by atoms with van der Waals surface area (Å²) in [6.07, 6.45) is 2.35. The number of rotatable bonds is 5. The van der Waals surface area contributed by atoms with Gasteiger partial charge in [-0.05, 0) is 30.5 Å². The van der Waals surface area contributed by atoms with Gasteiger partial charge in [0.25, 0.3) is 0 Å². The fourth-order valence-corrected chi connectivity index (χ4v) is 4.08. The topological polar surface area (TPSA) is 55.3 Å². The van der Waals surface area contributed by atoms with Crippen molar-refractivity contribution in [2.45, 2.75) is 32.1 Å². The van der Waals surface area contributed by atoms with E-state index in [0.717, 1.165) is 56.7 Å². The molecule has 2 aliphatic heterocycles. The number of likely N-dealkylation sites (tertiary alicyclic amines) is 1. The number of hydrogen-bond donors (Lipinski definition) is 1. The van der Waals surface area contributed by atoms with Gasteiger partial charge in [-0.15, -0.1) is 24.0 Å². The van der Waals surface area contributed by atoms with Crippen molar-refractivity contribution >= 4 is 29.9 Å². The Labute approximate surface area is 186 Å². The van der Waals surface area contributed by atoms with Gasteiger partial charge in [0, 0.05) is 44.1 Å². The van der Waals surface area contributed by atoms with Crippen molar-refractivity contribution in [1.82, 2.24) is 10.2 Å². The summed E-state index contributed by atoms with van der Waals surface area (Å²) in [4.78, 5) is 6.90. The fraction of sp³-hybridized carbons (Fsp3) is 0.667. The Hall–Kier alpha value is -1.22. The van der Waals surface area contributed by atoms with Gasteiger partial charge in [-0.1, -0.05) is 19.9 Å². The third-order valence-corrected chi connectivity index (χ3v) is 5.99. The smallest absolute Gasteiger partial charge is 0.193 e. The molecule has 1 aromatic rings. The average molecular weight is 503 g/mol. The molecule has 158 valence electrons. The van der Waals surface area contributed by atoms with Gasteiger partial charge in [0.1, 0.15) is 0 Å². The third kappa shape index (κ3) is 4.84. The molecule has 3 rings (SSSR count). The van der Waals surface area contributed by atoms with Gasteiger partial charge in [-0.2, -0.15) is 0 Å². The average Bonchev–Trinajstić information content (AvgIpc) is 3.31. The number of guanidine groups is 1. The predicted octanol–water partition coefficient (Wildman–Crippen LogP) is 3.29. The molecule has 0 radical (unpaired) electrons. The maximum Gasteiger partial charge on any atom is 0.193 e. The molecule has 0 aromatic heterocycles. The second kappa shape index (κ2) is 9.52. The molecule has 2 aliphatic rings. The van der Waals surface area contributed by atoms with Crippen LogP contribution in [0.15, 0.2) is 23.2 Å². The molecule has 28 heavy (non-hydrogen) atoms. The van der Waals surface area contributed by atoms with E-state index in [1.165, 1.54) is 12.0 Å². The third-order valence-electron chi connectivity index (χ3n) is 5.99. The first kappa shape index (κ1) is 23.1. The Morgan fingerprint density at radius 2 is 2.00 bits per heavy atom. The number of ether oxygens (including phenoxy) is 3. The van der Waals surface area contributed by atoms with Crippen LogP contribution in [-0.2, 0) is 10.2 Å². The Balaban J connectivity index is 0.00000280. The molecule has 1 unspecified atom stereocenters. The summed E-state index contributed by atoms with van der Waals surface area (Å²) >= 11 is 0. The van der Waals surface area contributed by atoms with Crippen molar-refractivity contribution in [1.29, 1.82) is 0 Å². The molecule has 0 aliphatic carbocycles. The Bertz CT molecular complexity index is 687. The summed E-state index contributed by atoms with van der Waals surface area (Å²) in [6, 6.07) is 6.13. The largest absolute Gasteiger partial charge is 0.493 e. The highest BCUT2D eigenvalue weighted by atomic mass is 127.